The van der Waals surface area contributed by atoms with E-state index in [2.05, 4.69) is 10.7 Å². The van der Waals surface area contributed by atoms with Crippen LogP contribution in [0.15, 0.2) is 36.0 Å². The predicted octanol–water partition coefficient (Wildman–Crippen LogP) is 0.935. The molecule has 26 heavy (non-hydrogen) atoms. The number of amides is 4. The first-order valence-electron chi connectivity index (χ1n) is 8.52. The van der Waals surface area contributed by atoms with Gasteiger partial charge in [0.15, 0.2) is 5.92 Å². The van der Waals surface area contributed by atoms with Crippen LogP contribution in [-0.4, -0.2) is 49.2 Å². The van der Waals surface area contributed by atoms with Crippen molar-refractivity contribution >= 4 is 23.5 Å². The van der Waals surface area contributed by atoms with Gasteiger partial charge in [0.2, 0.25) is 5.91 Å². The third-order valence-electron chi connectivity index (χ3n) is 4.38. The van der Waals surface area contributed by atoms with Gasteiger partial charge in [-0.1, -0.05) is 23.8 Å². The average Bonchev–Trinajstić information content (AvgIpc) is 2.63. The second-order valence-electron chi connectivity index (χ2n) is 6.19. The van der Waals surface area contributed by atoms with E-state index in [1.165, 1.54) is 0 Å². The van der Waals surface area contributed by atoms with E-state index < -0.39 is 23.8 Å². The Bertz CT molecular complexity index is 738. The van der Waals surface area contributed by atoms with Crippen molar-refractivity contribution in [2.45, 2.75) is 13.8 Å². The van der Waals surface area contributed by atoms with Crippen LogP contribution in [0.5, 0.6) is 0 Å². The highest BCUT2D eigenvalue weighted by molar-refractivity contribution is 6.28. The number of rotatable bonds is 4. The quantitative estimate of drug-likeness (QED) is 0.779. The molecule has 0 bridgehead atoms. The Hall–Kier alpha value is -2.71. The minimum Gasteiger partial charge on any atom is -0.379 e. The molecule has 2 saturated heterocycles. The van der Waals surface area contributed by atoms with Gasteiger partial charge >= 0.3 is 6.03 Å². The number of carbonyl (C=O) groups is 3. The molecule has 4 amide bonds. The first kappa shape index (κ1) is 18.1. The number of anilines is 1. The highest BCUT2D eigenvalue weighted by atomic mass is 16.5. The number of nitrogens with zero attached hydrogens (tertiary/aromatic N) is 2. The summed E-state index contributed by atoms with van der Waals surface area (Å²) in [7, 11) is 0. The zero-order chi connectivity index (χ0) is 18.7. The number of barbiturate groups is 1. The normalized spacial score (nSPS) is 22.4. The van der Waals surface area contributed by atoms with Crippen LogP contribution in [0, 0.1) is 12.8 Å². The summed E-state index contributed by atoms with van der Waals surface area (Å²) in [6.45, 7) is 6.08. The van der Waals surface area contributed by atoms with Crippen LogP contribution in [0.2, 0.25) is 0 Å². The number of hydrogen-bond donors (Lipinski definition) is 2. The van der Waals surface area contributed by atoms with E-state index >= 15 is 0 Å². The fraction of sp³-hybridized carbons (Fsp3) is 0.389. The number of allylic oxidation sites excluding steroid dienone is 1. The second-order valence-corrected chi connectivity index (χ2v) is 6.19. The lowest BCUT2D eigenvalue weighted by molar-refractivity contribution is -0.133. The van der Waals surface area contributed by atoms with Crippen molar-refractivity contribution in [3.05, 3.63) is 41.6 Å². The summed E-state index contributed by atoms with van der Waals surface area (Å²) in [5.41, 5.74) is 5.01. The fourth-order valence-electron chi connectivity index (χ4n) is 2.94. The standard InChI is InChI=1S/C18H22N4O4/c1-3-14(20-21-8-10-26-11-9-21)15-16(23)19-18(25)22(17(15)24)13-6-4-12(2)5-7-13/h3-7,15,20H,8-11H2,1-2H3,(H,19,23,25)/b14-3+/t15-/m1/s1. The molecule has 1 aromatic rings. The number of hydrazine groups is 1. The van der Waals surface area contributed by atoms with Gasteiger partial charge in [0.05, 0.1) is 18.9 Å². The van der Waals surface area contributed by atoms with Gasteiger partial charge in [-0.15, -0.1) is 0 Å². The molecule has 2 fully saturated rings. The molecule has 2 heterocycles. The summed E-state index contributed by atoms with van der Waals surface area (Å²) in [6, 6.07) is 6.25. The van der Waals surface area contributed by atoms with E-state index in [9.17, 15) is 14.4 Å². The van der Waals surface area contributed by atoms with E-state index in [0.717, 1.165) is 10.5 Å². The van der Waals surface area contributed by atoms with E-state index in [-0.39, 0.29) is 0 Å². The summed E-state index contributed by atoms with van der Waals surface area (Å²) >= 11 is 0. The van der Waals surface area contributed by atoms with Crippen LogP contribution in [0.25, 0.3) is 0 Å². The smallest absolute Gasteiger partial charge is 0.335 e. The molecule has 138 valence electrons. The first-order chi connectivity index (χ1) is 12.5. The van der Waals surface area contributed by atoms with E-state index in [0.29, 0.717) is 37.7 Å². The molecule has 0 unspecified atom stereocenters. The number of imide groups is 2. The molecule has 2 aliphatic rings. The third kappa shape index (κ3) is 3.61. The molecule has 8 heteroatoms. The van der Waals surface area contributed by atoms with Crippen LogP contribution in [-0.2, 0) is 14.3 Å². The molecule has 3 rings (SSSR count). The molecular weight excluding hydrogens is 336 g/mol. The number of morpholine rings is 1. The lowest BCUT2D eigenvalue weighted by atomic mass is 9.99. The molecule has 2 N–H and O–H groups in total. The van der Waals surface area contributed by atoms with Crippen LogP contribution < -0.4 is 15.6 Å². The Kier molecular flexibility index (Phi) is 5.34. The van der Waals surface area contributed by atoms with Crippen molar-refractivity contribution in [1.82, 2.24) is 15.8 Å². The van der Waals surface area contributed by atoms with Gasteiger partial charge in [0, 0.05) is 18.8 Å². The Labute approximate surface area is 151 Å². The number of ether oxygens (including phenoxy) is 1. The van der Waals surface area contributed by atoms with Crippen LogP contribution in [0.3, 0.4) is 0 Å². The molecule has 0 aliphatic carbocycles. The summed E-state index contributed by atoms with van der Waals surface area (Å²) in [6.07, 6.45) is 1.68. The summed E-state index contributed by atoms with van der Waals surface area (Å²) in [5.74, 6) is -2.31. The number of carbonyl (C=O) groups excluding carboxylic acids is 3. The maximum atomic E-state index is 13.0. The van der Waals surface area contributed by atoms with Crippen LogP contribution in [0.4, 0.5) is 10.5 Å². The highest BCUT2D eigenvalue weighted by Crippen LogP contribution is 2.24. The fourth-order valence-corrected chi connectivity index (χ4v) is 2.94. The van der Waals surface area contributed by atoms with Crippen LogP contribution >= 0.6 is 0 Å². The Morgan fingerprint density at radius 3 is 2.46 bits per heavy atom. The Balaban J connectivity index is 1.85. The number of aryl methyl sites for hydroxylation is 1. The largest absolute Gasteiger partial charge is 0.379 e. The SMILES string of the molecule is C/C=C(/NN1CCOCC1)[C@@H]1C(=O)NC(=O)N(c2ccc(C)cc2)C1=O. The Morgan fingerprint density at radius 2 is 1.85 bits per heavy atom. The molecule has 0 saturated carbocycles. The van der Waals surface area contributed by atoms with E-state index in [1.54, 1.807) is 25.1 Å². The van der Waals surface area contributed by atoms with Crippen molar-refractivity contribution in [2.75, 3.05) is 31.2 Å². The monoisotopic (exact) mass is 358 g/mol. The summed E-state index contributed by atoms with van der Waals surface area (Å²) in [4.78, 5) is 38.6. The molecule has 0 radical (unpaired) electrons. The van der Waals surface area contributed by atoms with Gasteiger partial charge in [-0.25, -0.2) is 14.7 Å². The number of benzene rings is 1. The zero-order valence-corrected chi connectivity index (χ0v) is 14.8. The van der Waals surface area contributed by atoms with Gasteiger partial charge < -0.3 is 10.2 Å². The lowest BCUT2D eigenvalue weighted by Gasteiger charge is -2.35. The maximum absolute atomic E-state index is 13.0. The van der Waals surface area contributed by atoms with Gasteiger partial charge in [0.25, 0.3) is 5.91 Å². The van der Waals surface area contributed by atoms with Gasteiger partial charge in [0.1, 0.15) is 0 Å². The summed E-state index contributed by atoms with van der Waals surface area (Å²) < 4.78 is 5.30. The molecule has 0 spiro atoms. The minimum absolute atomic E-state index is 0.428. The average molecular weight is 358 g/mol. The van der Waals surface area contributed by atoms with Crippen LogP contribution in [0.1, 0.15) is 12.5 Å². The number of urea groups is 1. The minimum atomic E-state index is -1.11. The van der Waals surface area contributed by atoms with Crippen molar-refractivity contribution in [1.29, 1.82) is 0 Å². The third-order valence-corrected chi connectivity index (χ3v) is 4.38. The van der Waals surface area contributed by atoms with Crippen molar-refractivity contribution in [2.24, 2.45) is 5.92 Å². The zero-order valence-electron chi connectivity index (χ0n) is 14.8. The van der Waals surface area contributed by atoms with Crippen molar-refractivity contribution < 1.29 is 19.1 Å². The van der Waals surface area contributed by atoms with Gasteiger partial charge in [-0.05, 0) is 26.0 Å². The number of hydrogen-bond acceptors (Lipinski definition) is 6. The molecule has 2 aliphatic heterocycles. The maximum Gasteiger partial charge on any atom is 0.335 e. The van der Waals surface area contributed by atoms with Gasteiger partial charge in [-0.2, -0.15) is 0 Å². The number of nitrogens with one attached hydrogen (secondary N) is 2. The molecule has 8 nitrogen and oxygen atoms in total. The first-order valence-corrected chi connectivity index (χ1v) is 8.52. The molecule has 1 aromatic carbocycles. The second kappa shape index (κ2) is 7.67. The summed E-state index contributed by atoms with van der Waals surface area (Å²) in [5, 5.41) is 4.17. The Morgan fingerprint density at radius 1 is 1.19 bits per heavy atom. The van der Waals surface area contributed by atoms with Gasteiger partial charge in [-0.3, -0.25) is 14.9 Å². The van der Waals surface area contributed by atoms with Crippen molar-refractivity contribution in [3.63, 3.8) is 0 Å². The van der Waals surface area contributed by atoms with E-state index in [4.69, 9.17) is 4.74 Å². The van der Waals surface area contributed by atoms with E-state index in [1.807, 2.05) is 24.1 Å². The highest BCUT2D eigenvalue weighted by Gasteiger charge is 2.43. The predicted molar refractivity (Wildman–Crippen MR) is 95.0 cm³/mol. The topological polar surface area (TPSA) is 91.0 Å². The lowest BCUT2D eigenvalue weighted by Crippen LogP contribution is -2.60. The molecule has 1 atom stereocenters. The van der Waals surface area contributed by atoms with Crippen molar-refractivity contribution in [3.8, 4) is 0 Å². The molecular formula is C18H22N4O4. The molecule has 0 aromatic heterocycles.